The van der Waals surface area contributed by atoms with Crippen molar-refractivity contribution < 1.29 is 14.8 Å². The van der Waals surface area contributed by atoms with Crippen molar-refractivity contribution in [2.45, 2.75) is 38.0 Å². The van der Waals surface area contributed by atoms with E-state index in [1.807, 2.05) is 0 Å². The van der Waals surface area contributed by atoms with E-state index in [2.05, 4.69) is 0 Å². The Morgan fingerprint density at radius 1 is 1.28 bits per heavy atom. The van der Waals surface area contributed by atoms with Gasteiger partial charge in [0.15, 0.2) is 0 Å². The van der Waals surface area contributed by atoms with E-state index in [0.29, 0.717) is 11.3 Å². The molecule has 1 aromatic heterocycles. The van der Waals surface area contributed by atoms with Gasteiger partial charge in [0.05, 0.1) is 11.0 Å². The number of rotatable bonds is 2. The fraction of sp³-hybridized carbons (Fsp3) is 0.353. The van der Waals surface area contributed by atoms with Crippen LogP contribution in [0.25, 0.3) is 0 Å². The first-order valence-electron chi connectivity index (χ1n) is 7.63. The smallest absolute Gasteiger partial charge is 0.270 e. The van der Waals surface area contributed by atoms with Gasteiger partial charge in [0.1, 0.15) is 22.1 Å². The van der Waals surface area contributed by atoms with Gasteiger partial charge < -0.3 is 9.84 Å². The van der Waals surface area contributed by atoms with E-state index < -0.39 is 27.7 Å². The van der Waals surface area contributed by atoms with E-state index in [1.54, 1.807) is 13.8 Å². The average Bonchev–Trinajstić information content (AvgIpc) is 2.50. The van der Waals surface area contributed by atoms with E-state index in [-0.39, 0.29) is 10.8 Å². The van der Waals surface area contributed by atoms with Gasteiger partial charge in [-0.1, -0.05) is 17.7 Å². The lowest BCUT2D eigenvalue weighted by atomic mass is 9.75. The number of nitrogens with zero attached hydrogens (tertiary/aromatic N) is 2. The molecule has 1 aromatic carbocycles. The van der Waals surface area contributed by atoms with Crippen molar-refractivity contribution in [3.8, 4) is 5.75 Å². The summed E-state index contributed by atoms with van der Waals surface area (Å²) in [6.45, 7) is 4.90. The van der Waals surface area contributed by atoms with Crippen molar-refractivity contribution in [1.29, 1.82) is 0 Å². The van der Waals surface area contributed by atoms with Gasteiger partial charge in [0.25, 0.3) is 11.2 Å². The van der Waals surface area contributed by atoms with Crippen molar-refractivity contribution in [2.24, 2.45) is 0 Å². The normalized spacial score (nSPS) is 24.3. The molecule has 0 radical (unpaired) electrons. The highest BCUT2D eigenvalue weighted by Crippen LogP contribution is 2.49. The molecule has 2 atom stereocenters. The summed E-state index contributed by atoms with van der Waals surface area (Å²) in [6, 6.07) is 7.50. The molecular formula is C17H17ClN2O5. The number of hydrogen-bond donors (Lipinski definition) is 1. The number of nitro groups is 1. The van der Waals surface area contributed by atoms with E-state index >= 15 is 0 Å². The molecule has 2 unspecified atom stereocenters. The Hall–Kier alpha value is -2.38. The summed E-state index contributed by atoms with van der Waals surface area (Å²) in [4.78, 5) is 23.1. The number of aliphatic hydroxyl groups is 1. The number of benzene rings is 1. The molecule has 8 heteroatoms. The van der Waals surface area contributed by atoms with E-state index in [1.165, 1.54) is 47.9 Å². The Balaban J connectivity index is 2.37. The fourth-order valence-corrected chi connectivity index (χ4v) is 3.34. The SMILES string of the molecule is CC1(C)Oc2ccc([N+](=O)[O-])cc2C(n2c(Cl)cccc2=O)C1(C)O. The number of hydrogen-bond acceptors (Lipinski definition) is 5. The second-order valence-corrected chi connectivity index (χ2v) is 7.09. The van der Waals surface area contributed by atoms with Crippen LogP contribution in [0, 0.1) is 10.1 Å². The quantitative estimate of drug-likeness (QED) is 0.502. The third-order valence-corrected chi connectivity index (χ3v) is 5.12. The van der Waals surface area contributed by atoms with Crippen molar-refractivity contribution in [2.75, 3.05) is 0 Å². The topological polar surface area (TPSA) is 94.6 Å². The lowest BCUT2D eigenvalue weighted by Crippen LogP contribution is -2.60. The maximum absolute atomic E-state index is 12.5. The van der Waals surface area contributed by atoms with Gasteiger partial charge in [-0.05, 0) is 32.9 Å². The zero-order valence-corrected chi connectivity index (χ0v) is 14.6. The van der Waals surface area contributed by atoms with Crippen molar-refractivity contribution in [3.05, 3.63) is 67.6 Å². The lowest BCUT2D eigenvalue weighted by Gasteiger charge is -2.49. The number of pyridine rings is 1. The fourth-order valence-electron chi connectivity index (χ4n) is 3.08. The number of fused-ring (bicyclic) bond motifs is 1. The molecule has 7 nitrogen and oxygen atoms in total. The van der Waals surface area contributed by atoms with Crippen LogP contribution in [0.15, 0.2) is 41.2 Å². The van der Waals surface area contributed by atoms with Crippen LogP contribution < -0.4 is 10.3 Å². The zero-order valence-electron chi connectivity index (χ0n) is 13.9. The summed E-state index contributed by atoms with van der Waals surface area (Å²) in [5.41, 5.74) is -2.90. The summed E-state index contributed by atoms with van der Waals surface area (Å²) in [5, 5.41) is 22.5. The number of halogens is 1. The minimum Gasteiger partial charge on any atom is -0.484 e. The first-order chi connectivity index (χ1) is 11.6. The molecule has 0 saturated heterocycles. The molecule has 1 aliphatic rings. The minimum absolute atomic E-state index is 0.118. The molecular weight excluding hydrogens is 348 g/mol. The van der Waals surface area contributed by atoms with E-state index in [9.17, 15) is 20.0 Å². The molecule has 0 aliphatic carbocycles. The van der Waals surface area contributed by atoms with Crippen LogP contribution in [0.3, 0.4) is 0 Å². The molecule has 25 heavy (non-hydrogen) atoms. The third-order valence-electron chi connectivity index (χ3n) is 4.81. The number of ether oxygens (including phenoxy) is 1. The van der Waals surface area contributed by atoms with Crippen molar-refractivity contribution >= 4 is 17.3 Å². The first-order valence-corrected chi connectivity index (χ1v) is 8.01. The van der Waals surface area contributed by atoms with Gasteiger partial charge in [-0.2, -0.15) is 0 Å². The second-order valence-electron chi connectivity index (χ2n) is 6.70. The number of nitro benzene ring substituents is 1. The lowest BCUT2D eigenvalue weighted by molar-refractivity contribution is -0.385. The molecule has 1 aliphatic heterocycles. The van der Waals surface area contributed by atoms with Gasteiger partial charge in [-0.3, -0.25) is 19.5 Å². The highest BCUT2D eigenvalue weighted by atomic mass is 35.5. The van der Waals surface area contributed by atoms with Crippen molar-refractivity contribution in [3.63, 3.8) is 0 Å². The summed E-state index contributed by atoms with van der Waals surface area (Å²) in [5.74, 6) is 0.360. The largest absolute Gasteiger partial charge is 0.484 e. The van der Waals surface area contributed by atoms with Crippen LogP contribution in [-0.4, -0.2) is 25.8 Å². The maximum Gasteiger partial charge on any atom is 0.270 e. The van der Waals surface area contributed by atoms with E-state index in [4.69, 9.17) is 16.3 Å². The predicted molar refractivity (Wildman–Crippen MR) is 92.3 cm³/mol. The molecule has 0 saturated carbocycles. The summed E-state index contributed by atoms with van der Waals surface area (Å²) in [7, 11) is 0. The highest BCUT2D eigenvalue weighted by molar-refractivity contribution is 6.29. The standard InChI is InChI=1S/C17H17ClN2O5/c1-16(2)17(3,22)15(19-13(18)5-4-6-14(19)21)11-9-10(20(23)24)7-8-12(11)25-16/h4-9,15,22H,1-3H3. The predicted octanol–water partition coefficient (Wildman–Crippen LogP) is 2.92. The van der Waals surface area contributed by atoms with Crippen LogP contribution in [0.1, 0.15) is 32.4 Å². The summed E-state index contributed by atoms with van der Waals surface area (Å²) in [6.07, 6.45) is 0. The Morgan fingerprint density at radius 2 is 1.96 bits per heavy atom. The van der Waals surface area contributed by atoms with Crippen molar-refractivity contribution in [1.82, 2.24) is 4.57 Å². The highest BCUT2D eigenvalue weighted by Gasteiger charge is 2.54. The van der Waals surface area contributed by atoms with Crippen LogP contribution in [0.2, 0.25) is 5.15 Å². The monoisotopic (exact) mass is 364 g/mol. The number of aromatic nitrogens is 1. The van der Waals surface area contributed by atoms with Gasteiger partial charge in [0, 0.05) is 23.8 Å². The van der Waals surface area contributed by atoms with Crippen LogP contribution in [0.4, 0.5) is 5.69 Å². The Kier molecular flexibility index (Phi) is 3.89. The molecule has 0 bridgehead atoms. The third kappa shape index (κ3) is 2.60. The van der Waals surface area contributed by atoms with Crippen LogP contribution >= 0.6 is 11.6 Å². The molecule has 0 spiro atoms. The Labute approximate surface area is 148 Å². The van der Waals surface area contributed by atoms with E-state index in [0.717, 1.165) is 0 Å². The Morgan fingerprint density at radius 3 is 2.56 bits per heavy atom. The summed E-state index contributed by atoms with van der Waals surface area (Å²) >= 11 is 6.23. The molecule has 0 amide bonds. The zero-order chi connectivity index (χ0) is 18.6. The molecule has 1 N–H and O–H groups in total. The Bertz CT molecular complexity index is 919. The van der Waals surface area contributed by atoms with Gasteiger partial charge in [0.2, 0.25) is 0 Å². The van der Waals surface area contributed by atoms with Crippen LogP contribution in [0.5, 0.6) is 5.75 Å². The molecule has 0 fully saturated rings. The molecule has 2 heterocycles. The maximum atomic E-state index is 12.5. The minimum atomic E-state index is -1.57. The summed E-state index contributed by atoms with van der Waals surface area (Å²) < 4.78 is 7.10. The average molecular weight is 365 g/mol. The van der Waals surface area contributed by atoms with Gasteiger partial charge in [-0.25, -0.2) is 0 Å². The molecule has 2 aromatic rings. The first kappa shape index (κ1) is 17.4. The van der Waals surface area contributed by atoms with Gasteiger partial charge in [-0.15, -0.1) is 0 Å². The van der Waals surface area contributed by atoms with Crippen LogP contribution in [-0.2, 0) is 0 Å². The second kappa shape index (κ2) is 5.57. The van der Waals surface area contributed by atoms with Gasteiger partial charge >= 0.3 is 0 Å². The molecule has 132 valence electrons. The number of non-ortho nitro benzene ring substituents is 1. The molecule has 3 rings (SSSR count).